The maximum absolute atomic E-state index is 12.2. The van der Waals surface area contributed by atoms with E-state index >= 15 is 0 Å². The van der Waals surface area contributed by atoms with Crippen LogP contribution in [-0.4, -0.2) is 32.5 Å². The van der Waals surface area contributed by atoms with E-state index in [9.17, 15) is 8.42 Å². The van der Waals surface area contributed by atoms with Gasteiger partial charge in [0, 0.05) is 6.42 Å². The van der Waals surface area contributed by atoms with Gasteiger partial charge in [-0.2, -0.15) is 8.42 Å². The van der Waals surface area contributed by atoms with E-state index in [4.69, 9.17) is 13.7 Å². The van der Waals surface area contributed by atoms with Crippen LogP contribution in [0.3, 0.4) is 0 Å². The Hall–Kier alpha value is -0.950. The summed E-state index contributed by atoms with van der Waals surface area (Å²) < 4.78 is 40.9. The predicted molar refractivity (Wildman–Crippen MR) is 71.7 cm³/mol. The van der Waals surface area contributed by atoms with Gasteiger partial charge in [0.05, 0.1) is 11.5 Å². The lowest BCUT2D eigenvalue weighted by Gasteiger charge is -2.17. The van der Waals surface area contributed by atoms with Crippen LogP contribution in [0, 0.1) is 6.92 Å². The SMILES string of the molecule is Cc1ccc(S(=O)(=O)OC2CC23COC(C)(C)O3)cc1. The summed E-state index contributed by atoms with van der Waals surface area (Å²) >= 11 is 0. The predicted octanol–water partition coefficient (Wildman–Crippen LogP) is 1.99. The zero-order chi connectivity index (χ0) is 14.6. The molecule has 2 unspecified atom stereocenters. The second-order valence-corrected chi connectivity index (χ2v) is 7.48. The molecule has 0 radical (unpaired) electrons. The molecule has 0 aromatic heterocycles. The molecule has 5 nitrogen and oxygen atoms in total. The highest BCUT2D eigenvalue weighted by Crippen LogP contribution is 2.51. The zero-order valence-electron chi connectivity index (χ0n) is 11.8. The number of benzene rings is 1. The maximum Gasteiger partial charge on any atom is 0.297 e. The second-order valence-electron chi connectivity index (χ2n) is 5.91. The highest BCUT2D eigenvalue weighted by molar-refractivity contribution is 7.86. The van der Waals surface area contributed by atoms with Gasteiger partial charge < -0.3 is 9.47 Å². The van der Waals surface area contributed by atoms with Crippen molar-refractivity contribution >= 4 is 10.1 Å². The van der Waals surface area contributed by atoms with E-state index in [1.807, 2.05) is 20.8 Å². The lowest BCUT2D eigenvalue weighted by molar-refractivity contribution is -0.146. The van der Waals surface area contributed by atoms with Crippen LogP contribution >= 0.6 is 0 Å². The Labute approximate surface area is 119 Å². The van der Waals surface area contributed by atoms with E-state index in [0.717, 1.165) is 5.56 Å². The normalized spacial score (nSPS) is 31.6. The van der Waals surface area contributed by atoms with Crippen molar-refractivity contribution in [3.8, 4) is 0 Å². The van der Waals surface area contributed by atoms with Gasteiger partial charge >= 0.3 is 0 Å². The summed E-state index contributed by atoms with van der Waals surface area (Å²) in [5.41, 5.74) is 0.405. The summed E-state index contributed by atoms with van der Waals surface area (Å²) in [7, 11) is -3.75. The molecule has 1 aromatic rings. The summed E-state index contributed by atoms with van der Waals surface area (Å²) in [6.45, 7) is 5.89. The van der Waals surface area contributed by atoms with Crippen LogP contribution in [0.1, 0.15) is 25.8 Å². The van der Waals surface area contributed by atoms with Crippen molar-refractivity contribution in [1.82, 2.24) is 0 Å². The molecule has 110 valence electrons. The Morgan fingerprint density at radius 2 is 1.90 bits per heavy atom. The van der Waals surface area contributed by atoms with Crippen LogP contribution < -0.4 is 0 Å². The Balaban J connectivity index is 1.72. The van der Waals surface area contributed by atoms with Gasteiger partial charge in [0.25, 0.3) is 10.1 Å². The van der Waals surface area contributed by atoms with Crippen molar-refractivity contribution < 1.29 is 22.1 Å². The molecule has 2 fully saturated rings. The molecule has 6 heteroatoms. The van der Waals surface area contributed by atoms with Crippen molar-refractivity contribution in [1.29, 1.82) is 0 Å². The van der Waals surface area contributed by atoms with E-state index in [2.05, 4.69) is 0 Å². The zero-order valence-corrected chi connectivity index (χ0v) is 12.6. The minimum absolute atomic E-state index is 0.170. The first-order valence-corrected chi connectivity index (χ1v) is 7.97. The minimum atomic E-state index is -3.75. The van der Waals surface area contributed by atoms with Crippen LogP contribution in [0.5, 0.6) is 0 Å². The molecule has 1 heterocycles. The van der Waals surface area contributed by atoms with Gasteiger partial charge in [0.15, 0.2) is 5.79 Å². The van der Waals surface area contributed by atoms with Crippen LogP contribution in [0.4, 0.5) is 0 Å². The van der Waals surface area contributed by atoms with E-state index in [0.29, 0.717) is 13.0 Å². The molecule has 2 aliphatic rings. The first-order chi connectivity index (χ1) is 9.23. The monoisotopic (exact) mass is 298 g/mol. The molecule has 1 aliphatic heterocycles. The van der Waals surface area contributed by atoms with Crippen LogP contribution in [0.2, 0.25) is 0 Å². The Morgan fingerprint density at radius 3 is 2.45 bits per heavy atom. The van der Waals surface area contributed by atoms with Crippen molar-refractivity contribution in [3.63, 3.8) is 0 Å². The Bertz CT molecular complexity index is 619. The fraction of sp³-hybridized carbons (Fsp3) is 0.571. The highest BCUT2D eigenvalue weighted by Gasteiger charge is 2.65. The van der Waals surface area contributed by atoms with Crippen LogP contribution in [0.25, 0.3) is 0 Å². The van der Waals surface area contributed by atoms with Gasteiger partial charge in [-0.05, 0) is 32.9 Å². The largest absolute Gasteiger partial charge is 0.347 e. The number of hydrogen-bond donors (Lipinski definition) is 0. The van der Waals surface area contributed by atoms with Crippen molar-refractivity contribution in [2.75, 3.05) is 6.61 Å². The summed E-state index contributed by atoms with van der Waals surface area (Å²) in [5.74, 6) is -0.675. The lowest BCUT2D eigenvalue weighted by Crippen LogP contribution is -2.26. The van der Waals surface area contributed by atoms with Crippen LogP contribution in [0.15, 0.2) is 29.2 Å². The van der Waals surface area contributed by atoms with Crippen molar-refractivity contribution in [2.24, 2.45) is 0 Å². The van der Waals surface area contributed by atoms with Gasteiger partial charge in [-0.3, -0.25) is 4.18 Å². The second kappa shape index (κ2) is 4.27. The number of hydrogen-bond acceptors (Lipinski definition) is 5. The molecule has 1 spiro atoms. The quantitative estimate of drug-likeness (QED) is 0.799. The van der Waals surface area contributed by atoms with E-state index in [1.165, 1.54) is 0 Å². The van der Waals surface area contributed by atoms with Crippen molar-refractivity contribution in [3.05, 3.63) is 29.8 Å². The molecular formula is C14H18O5S. The van der Waals surface area contributed by atoms with E-state index < -0.39 is 27.6 Å². The van der Waals surface area contributed by atoms with Gasteiger partial charge in [0.1, 0.15) is 11.7 Å². The van der Waals surface area contributed by atoms with Crippen LogP contribution in [-0.2, 0) is 23.8 Å². The fourth-order valence-corrected chi connectivity index (χ4v) is 3.52. The number of rotatable bonds is 3. The Kier molecular flexibility index (Phi) is 2.99. The molecule has 1 saturated heterocycles. The molecule has 20 heavy (non-hydrogen) atoms. The fourth-order valence-electron chi connectivity index (χ4n) is 2.39. The summed E-state index contributed by atoms with van der Waals surface area (Å²) in [6, 6.07) is 6.60. The molecule has 3 rings (SSSR count). The minimum Gasteiger partial charge on any atom is -0.347 e. The number of aryl methyl sites for hydroxylation is 1. The maximum atomic E-state index is 12.2. The highest BCUT2D eigenvalue weighted by atomic mass is 32.2. The molecule has 0 bridgehead atoms. The number of ether oxygens (including phenoxy) is 2. The summed E-state index contributed by atoms with van der Waals surface area (Å²) in [6.07, 6.45) is 0.0807. The lowest BCUT2D eigenvalue weighted by atomic mass is 10.2. The van der Waals surface area contributed by atoms with E-state index in [-0.39, 0.29) is 4.90 Å². The molecule has 0 N–H and O–H groups in total. The third-order valence-electron chi connectivity index (χ3n) is 3.62. The topological polar surface area (TPSA) is 61.8 Å². The molecule has 1 saturated carbocycles. The average molecular weight is 298 g/mol. The summed E-state index contributed by atoms with van der Waals surface area (Å²) in [4.78, 5) is 0.170. The van der Waals surface area contributed by atoms with E-state index in [1.54, 1.807) is 24.3 Å². The molecule has 0 amide bonds. The summed E-state index contributed by atoms with van der Waals surface area (Å²) in [5, 5.41) is 0. The first kappa shape index (κ1) is 14.0. The molecular weight excluding hydrogens is 280 g/mol. The van der Waals surface area contributed by atoms with Gasteiger partial charge in [-0.1, -0.05) is 17.7 Å². The molecule has 2 atom stereocenters. The molecule has 1 aromatic carbocycles. The van der Waals surface area contributed by atoms with Gasteiger partial charge in [0.2, 0.25) is 0 Å². The van der Waals surface area contributed by atoms with Gasteiger partial charge in [-0.15, -0.1) is 0 Å². The third-order valence-corrected chi connectivity index (χ3v) is 4.96. The average Bonchev–Trinajstić information content (AvgIpc) is 2.87. The Morgan fingerprint density at radius 1 is 1.25 bits per heavy atom. The van der Waals surface area contributed by atoms with Crippen molar-refractivity contribution in [2.45, 2.75) is 49.6 Å². The third kappa shape index (κ3) is 2.48. The standard InChI is InChI=1S/C14H18O5S/c1-10-4-6-11(7-5-10)20(15,16)18-12-8-14(12)9-17-13(2,3)19-14/h4-7,12H,8-9H2,1-3H3. The smallest absolute Gasteiger partial charge is 0.297 e. The molecule has 1 aliphatic carbocycles. The van der Waals surface area contributed by atoms with Gasteiger partial charge in [-0.25, -0.2) is 0 Å². The first-order valence-electron chi connectivity index (χ1n) is 6.57.